The minimum absolute atomic E-state index is 0.977. The zero-order valence-corrected chi connectivity index (χ0v) is 7.90. The number of H-pyrrole nitrogens is 1. The second-order valence-electron chi connectivity index (χ2n) is 2.83. The molecule has 0 amide bonds. The molecule has 2 nitrogen and oxygen atoms in total. The molecule has 0 atom stereocenters. The summed E-state index contributed by atoms with van der Waals surface area (Å²) in [7, 11) is 0. The number of thiophene rings is 1. The Hall–Kier alpha value is -1.09. The van der Waals surface area contributed by atoms with Crippen molar-refractivity contribution in [1.82, 2.24) is 9.97 Å². The van der Waals surface area contributed by atoms with E-state index in [9.17, 15) is 0 Å². The molecule has 0 saturated carbocycles. The van der Waals surface area contributed by atoms with Crippen molar-refractivity contribution in [3.05, 3.63) is 28.9 Å². The molecule has 2 aromatic rings. The van der Waals surface area contributed by atoms with E-state index >= 15 is 0 Å². The fourth-order valence-electron chi connectivity index (χ4n) is 1.10. The second kappa shape index (κ2) is 2.75. The van der Waals surface area contributed by atoms with Crippen molar-refractivity contribution in [2.75, 3.05) is 0 Å². The van der Waals surface area contributed by atoms with Crippen LogP contribution in [0.2, 0.25) is 0 Å². The number of hydrogen-bond donors (Lipinski definition) is 1. The van der Waals surface area contributed by atoms with Gasteiger partial charge >= 0.3 is 0 Å². The third-order valence-electron chi connectivity index (χ3n) is 1.68. The molecule has 0 aliphatic carbocycles. The lowest BCUT2D eigenvalue weighted by Crippen LogP contribution is -1.73. The minimum atomic E-state index is 0.977. The third kappa shape index (κ3) is 1.28. The lowest BCUT2D eigenvalue weighted by Gasteiger charge is -1.87. The van der Waals surface area contributed by atoms with E-state index in [1.165, 1.54) is 9.75 Å². The van der Waals surface area contributed by atoms with E-state index in [0.29, 0.717) is 0 Å². The summed E-state index contributed by atoms with van der Waals surface area (Å²) in [4.78, 5) is 9.99. The lowest BCUT2D eigenvalue weighted by molar-refractivity contribution is 1.26. The van der Waals surface area contributed by atoms with Gasteiger partial charge in [-0.1, -0.05) is 0 Å². The zero-order valence-electron chi connectivity index (χ0n) is 7.09. The average molecular weight is 178 g/mol. The van der Waals surface area contributed by atoms with Gasteiger partial charge in [0, 0.05) is 16.8 Å². The van der Waals surface area contributed by atoms with Gasteiger partial charge in [0.15, 0.2) is 0 Å². The third-order valence-corrected chi connectivity index (χ3v) is 2.68. The van der Waals surface area contributed by atoms with Crippen LogP contribution in [0, 0.1) is 13.8 Å². The predicted octanol–water partition coefficient (Wildman–Crippen LogP) is 2.76. The van der Waals surface area contributed by atoms with Gasteiger partial charge in [0.2, 0.25) is 0 Å². The fraction of sp³-hybridized carbons (Fsp3) is 0.222. The van der Waals surface area contributed by atoms with Crippen molar-refractivity contribution in [2.24, 2.45) is 0 Å². The smallest absolute Gasteiger partial charge is 0.147 e. The van der Waals surface area contributed by atoms with Gasteiger partial charge in [-0.3, -0.25) is 0 Å². The Balaban J connectivity index is 2.43. The van der Waals surface area contributed by atoms with Gasteiger partial charge < -0.3 is 4.98 Å². The normalized spacial score (nSPS) is 10.5. The number of aromatic amines is 1. The molecular weight excluding hydrogens is 168 g/mol. The number of aromatic nitrogens is 2. The molecule has 2 heterocycles. The average Bonchev–Trinajstić information content (AvgIpc) is 2.58. The Labute approximate surface area is 75.3 Å². The molecule has 0 saturated heterocycles. The molecule has 0 bridgehead atoms. The van der Waals surface area contributed by atoms with E-state index in [2.05, 4.69) is 29.0 Å². The van der Waals surface area contributed by atoms with Crippen LogP contribution >= 0.6 is 11.3 Å². The Bertz CT molecular complexity index is 348. The van der Waals surface area contributed by atoms with Crippen LogP contribution in [0.1, 0.15) is 10.6 Å². The number of imidazole rings is 1. The molecular formula is C9H10N2S. The van der Waals surface area contributed by atoms with Crippen molar-refractivity contribution >= 4 is 11.3 Å². The molecule has 0 unspecified atom stereocenters. The van der Waals surface area contributed by atoms with Gasteiger partial charge in [0.25, 0.3) is 0 Å². The maximum absolute atomic E-state index is 4.25. The van der Waals surface area contributed by atoms with Crippen LogP contribution < -0.4 is 0 Å². The molecule has 62 valence electrons. The van der Waals surface area contributed by atoms with Gasteiger partial charge in [-0.05, 0) is 26.0 Å². The van der Waals surface area contributed by atoms with E-state index in [1.54, 1.807) is 11.3 Å². The monoisotopic (exact) mass is 178 g/mol. The van der Waals surface area contributed by atoms with Crippen LogP contribution in [0.5, 0.6) is 0 Å². The van der Waals surface area contributed by atoms with Gasteiger partial charge in [-0.15, -0.1) is 11.3 Å². The number of nitrogens with zero attached hydrogens (tertiary/aromatic N) is 1. The maximum atomic E-state index is 4.25. The van der Waals surface area contributed by atoms with Crippen molar-refractivity contribution in [3.63, 3.8) is 0 Å². The molecule has 12 heavy (non-hydrogen) atoms. The SMILES string of the molecule is Cc1cnc(-c2ccc(C)s2)[nH]1. The highest BCUT2D eigenvalue weighted by Gasteiger charge is 2.02. The summed E-state index contributed by atoms with van der Waals surface area (Å²) >= 11 is 1.76. The number of aryl methyl sites for hydroxylation is 2. The van der Waals surface area contributed by atoms with Crippen molar-refractivity contribution in [2.45, 2.75) is 13.8 Å². The van der Waals surface area contributed by atoms with E-state index in [1.807, 2.05) is 13.1 Å². The van der Waals surface area contributed by atoms with Gasteiger partial charge in [-0.2, -0.15) is 0 Å². The van der Waals surface area contributed by atoms with Crippen LogP contribution in [0.25, 0.3) is 10.7 Å². The maximum Gasteiger partial charge on any atom is 0.147 e. The summed E-state index contributed by atoms with van der Waals surface area (Å²) in [5.74, 6) is 0.977. The summed E-state index contributed by atoms with van der Waals surface area (Å²) in [6.07, 6.45) is 1.85. The molecule has 0 radical (unpaired) electrons. The first-order valence-corrected chi connectivity index (χ1v) is 4.66. The first-order valence-electron chi connectivity index (χ1n) is 3.84. The van der Waals surface area contributed by atoms with E-state index in [-0.39, 0.29) is 0 Å². The predicted molar refractivity (Wildman–Crippen MR) is 51.4 cm³/mol. The van der Waals surface area contributed by atoms with Crippen molar-refractivity contribution in [3.8, 4) is 10.7 Å². The molecule has 2 aromatic heterocycles. The molecule has 0 aromatic carbocycles. The van der Waals surface area contributed by atoms with Crippen LogP contribution in [0.15, 0.2) is 18.3 Å². The topological polar surface area (TPSA) is 28.7 Å². The Morgan fingerprint density at radius 3 is 2.67 bits per heavy atom. The number of nitrogens with one attached hydrogen (secondary N) is 1. The van der Waals surface area contributed by atoms with Crippen LogP contribution in [0.3, 0.4) is 0 Å². The summed E-state index contributed by atoms with van der Waals surface area (Å²) in [5.41, 5.74) is 1.11. The number of hydrogen-bond acceptors (Lipinski definition) is 2. The van der Waals surface area contributed by atoms with Crippen molar-refractivity contribution in [1.29, 1.82) is 0 Å². The summed E-state index contributed by atoms with van der Waals surface area (Å²) in [6.45, 7) is 4.11. The lowest BCUT2D eigenvalue weighted by atomic mass is 10.4. The van der Waals surface area contributed by atoms with E-state index < -0.39 is 0 Å². The van der Waals surface area contributed by atoms with Gasteiger partial charge in [0.1, 0.15) is 5.82 Å². The Morgan fingerprint density at radius 2 is 2.17 bits per heavy atom. The van der Waals surface area contributed by atoms with Crippen molar-refractivity contribution < 1.29 is 0 Å². The fourth-order valence-corrected chi connectivity index (χ4v) is 1.92. The Kier molecular flexibility index (Phi) is 1.73. The molecule has 0 fully saturated rings. The minimum Gasteiger partial charge on any atom is -0.341 e. The van der Waals surface area contributed by atoms with E-state index in [0.717, 1.165) is 11.5 Å². The van der Waals surface area contributed by atoms with Crippen LogP contribution in [0.4, 0.5) is 0 Å². The van der Waals surface area contributed by atoms with Gasteiger partial charge in [0.05, 0.1) is 4.88 Å². The number of rotatable bonds is 1. The van der Waals surface area contributed by atoms with E-state index in [4.69, 9.17) is 0 Å². The van der Waals surface area contributed by atoms with Crippen LogP contribution in [-0.4, -0.2) is 9.97 Å². The highest BCUT2D eigenvalue weighted by Crippen LogP contribution is 2.24. The molecule has 3 heteroatoms. The molecule has 0 aliphatic heterocycles. The molecule has 0 aliphatic rings. The second-order valence-corrected chi connectivity index (χ2v) is 4.11. The first kappa shape index (κ1) is 7.55. The largest absolute Gasteiger partial charge is 0.341 e. The quantitative estimate of drug-likeness (QED) is 0.714. The van der Waals surface area contributed by atoms with Gasteiger partial charge in [-0.25, -0.2) is 4.98 Å². The highest BCUT2D eigenvalue weighted by atomic mass is 32.1. The summed E-state index contributed by atoms with van der Waals surface area (Å²) < 4.78 is 0. The zero-order chi connectivity index (χ0) is 8.55. The standard InChI is InChI=1S/C9H10N2S/c1-6-5-10-9(11-6)8-4-3-7(2)12-8/h3-5H,1-2H3,(H,10,11). The molecule has 2 rings (SSSR count). The first-order chi connectivity index (χ1) is 5.75. The summed E-state index contributed by atoms with van der Waals surface area (Å²) in [5, 5.41) is 0. The highest BCUT2D eigenvalue weighted by molar-refractivity contribution is 7.15. The molecule has 0 spiro atoms. The summed E-state index contributed by atoms with van der Waals surface area (Å²) in [6, 6.07) is 4.20. The molecule has 1 N–H and O–H groups in total. The van der Waals surface area contributed by atoms with Crippen LogP contribution in [-0.2, 0) is 0 Å². The Morgan fingerprint density at radius 1 is 1.33 bits per heavy atom.